The molecule has 40 heavy (non-hydrogen) atoms. The molecule has 1 heteroatoms. The van der Waals surface area contributed by atoms with Crippen LogP contribution in [0.5, 0.6) is 0 Å². The average molecular weight is 572 g/mol. The van der Waals surface area contributed by atoms with Crippen LogP contribution in [0.3, 0.4) is 0 Å². The largest absolute Gasteiger partial charge is 0.0726 e. The van der Waals surface area contributed by atoms with Gasteiger partial charge in [0.25, 0.3) is 0 Å². The third-order valence-corrected chi connectivity index (χ3v) is 9.63. The number of halogens is 1. The molecule has 0 amide bonds. The lowest BCUT2D eigenvalue weighted by molar-refractivity contribution is 0.754. The van der Waals surface area contributed by atoms with Gasteiger partial charge in [0.1, 0.15) is 0 Å². The van der Waals surface area contributed by atoms with Crippen molar-refractivity contribution in [2.75, 3.05) is 0 Å². The third kappa shape index (κ3) is 2.71. The van der Waals surface area contributed by atoms with E-state index in [4.69, 9.17) is 0 Å². The number of hydrogen-bond donors (Lipinski definition) is 0. The summed E-state index contributed by atoms with van der Waals surface area (Å²) in [5.41, 5.74) is 12.7. The number of fused-ring (bicyclic) bond motifs is 8. The summed E-state index contributed by atoms with van der Waals surface area (Å²) < 4.78 is 1.10. The summed E-state index contributed by atoms with van der Waals surface area (Å²) >= 11 is 3.87. The van der Waals surface area contributed by atoms with Crippen LogP contribution < -0.4 is 0 Å². The zero-order chi connectivity index (χ0) is 26.4. The van der Waals surface area contributed by atoms with E-state index in [1.807, 2.05) is 0 Å². The molecule has 0 saturated carbocycles. The fourth-order valence-electron chi connectivity index (χ4n) is 7.67. The first-order valence-electron chi connectivity index (χ1n) is 13.8. The van der Waals surface area contributed by atoms with E-state index in [0.29, 0.717) is 0 Å². The Morgan fingerprint density at radius 3 is 1.88 bits per heavy atom. The van der Waals surface area contributed by atoms with Crippen LogP contribution in [-0.4, -0.2) is 0 Å². The second kappa shape index (κ2) is 8.03. The maximum Gasteiger partial charge on any atom is 0.0726 e. The van der Waals surface area contributed by atoms with E-state index in [1.54, 1.807) is 0 Å². The maximum atomic E-state index is 3.87. The molecule has 0 aliphatic heterocycles. The van der Waals surface area contributed by atoms with E-state index in [1.165, 1.54) is 77.2 Å². The quantitative estimate of drug-likeness (QED) is 0.184. The molecule has 0 fully saturated rings. The van der Waals surface area contributed by atoms with E-state index < -0.39 is 5.41 Å². The van der Waals surface area contributed by atoms with Crippen LogP contribution in [0, 0.1) is 0 Å². The first kappa shape index (κ1) is 22.4. The molecule has 0 bridgehead atoms. The highest BCUT2D eigenvalue weighted by Crippen LogP contribution is 2.61. The Morgan fingerprint density at radius 2 is 1.00 bits per heavy atom. The molecule has 1 atom stereocenters. The number of rotatable bonds is 1. The first-order chi connectivity index (χ1) is 19.8. The van der Waals surface area contributed by atoms with Crippen LogP contribution >= 0.6 is 15.9 Å². The van der Waals surface area contributed by atoms with Gasteiger partial charge in [-0.3, -0.25) is 0 Å². The zero-order valence-electron chi connectivity index (χ0n) is 21.7. The highest BCUT2D eigenvalue weighted by molar-refractivity contribution is 9.10. The molecule has 9 rings (SSSR count). The summed E-state index contributed by atoms with van der Waals surface area (Å²) in [6, 6.07) is 52.0. The van der Waals surface area contributed by atoms with Gasteiger partial charge in [0.2, 0.25) is 0 Å². The van der Waals surface area contributed by atoms with Gasteiger partial charge in [-0.2, -0.15) is 0 Å². The van der Waals surface area contributed by atoms with Gasteiger partial charge in [-0.1, -0.05) is 143 Å². The van der Waals surface area contributed by atoms with Crippen LogP contribution in [0.4, 0.5) is 0 Å². The zero-order valence-corrected chi connectivity index (χ0v) is 23.2. The third-order valence-electron chi connectivity index (χ3n) is 9.14. The van der Waals surface area contributed by atoms with Crippen molar-refractivity contribution in [2.45, 2.75) is 5.41 Å². The van der Waals surface area contributed by atoms with Crippen LogP contribution in [0.15, 0.2) is 144 Å². The van der Waals surface area contributed by atoms with E-state index in [2.05, 4.69) is 155 Å². The molecule has 0 heterocycles. The molecule has 0 saturated heterocycles. The van der Waals surface area contributed by atoms with Crippen molar-refractivity contribution in [3.05, 3.63) is 166 Å². The normalized spacial score (nSPS) is 16.2. The molecule has 7 aromatic carbocycles. The second-order valence-corrected chi connectivity index (χ2v) is 11.9. The van der Waals surface area contributed by atoms with Crippen molar-refractivity contribution in [2.24, 2.45) is 0 Å². The molecule has 2 aliphatic carbocycles. The minimum atomic E-state index is -0.453. The standard InChI is InChI=1S/C39H23Br/c40-26-19-20-29-32-22-21-27(24-9-2-1-3-10-24)30-15-8-18-35(38(30)32)39(36(29)23-26)33-16-5-4-13-28(33)31-14-6-11-25-12-7-17-34(39)37(25)31/h1-23H. The Bertz CT molecular complexity index is 2170. The van der Waals surface area contributed by atoms with Gasteiger partial charge in [-0.25, -0.2) is 0 Å². The van der Waals surface area contributed by atoms with Gasteiger partial charge >= 0.3 is 0 Å². The Morgan fingerprint density at radius 1 is 0.400 bits per heavy atom. The molecule has 2 aliphatic rings. The number of hydrogen-bond acceptors (Lipinski definition) is 0. The van der Waals surface area contributed by atoms with Gasteiger partial charge in [0.05, 0.1) is 5.41 Å². The van der Waals surface area contributed by atoms with E-state index >= 15 is 0 Å². The first-order valence-corrected chi connectivity index (χ1v) is 14.6. The molecule has 1 spiro atoms. The van der Waals surface area contributed by atoms with Gasteiger partial charge in [-0.15, -0.1) is 0 Å². The predicted molar refractivity (Wildman–Crippen MR) is 171 cm³/mol. The summed E-state index contributed by atoms with van der Waals surface area (Å²) in [5.74, 6) is 0. The summed E-state index contributed by atoms with van der Waals surface area (Å²) in [6.07, 6.45) is 0. The Hall–Kier alpha value is -4.46. The smallest absolute Gasteiger partial charge is 0.0622 e. The molecular formula is C39H23Br. The Kier molecular flexibility index (Phi) is 4.49. The van der Waals surface area contributed by atoms with Gasteiger partial charge in [0.15, 0.2) is 0 Å². The SMILES string of the molecule is Brc1ccc2c(c1)C1(c3ccccc3-c3cccc4cccc1c34)c1cccc3c(-c4ccccc4)ccc-2c13. The van der Waals surface area contributed by atoms with Crippen molar-refractivity contribution < 1.29 is 0 Å². The van der Waals surface area contributed by atoms with Crippen LogP contribution in [-0.2, 0) is 5.41 Å². The van der Waals surface area contributed by atoms with Crippen LogP contribution in [0.1, 0.15) is 22.3 Å². The van der Waals surface area contributed by atoms with Crippen LogP contribution in [0.2, 0.25) is 0 Å². The van der Waals surface area contributed by atoms with Crippen molar-refractivity contribution in [1.29, 1.82) is 0 Å². The lowest BCUT2D eigenvalue weighted by Crippen LogP contribution is -2.36. The molecule has 0 N–H and O–H groups in total. The van der Waals surface area contributed by atoms with E-state index in [9.17, 15) is 0 Å². The van der Waals surface area contributed by atoms with Crippen molar-refractivity contribution in [1.82, 2.24) is 0 Å². The molecule has 0 nitrogen and oxygen atoms in total. The summed E-state index contributed by atoms with van der Waals surface area (Å²) in [6.45, 7) is 0. The van der Waals surface area contributed by atoms with E-state index in [-0.39, 0.29) is 0 Å². The van der Waals surface area contributed by atoms with Crippen LogP contribution in [0.25, 0.3) is 54.9 Å². The molecular weight excluding hydrogens is 548 g/mol. The van der Waals surface area contributed by atoms with Crippen molar-refractivity contribution in [3.8, 4) is 33.4 Å². The predicted octanol–water partition coefficient (Wildman–Crippen LogP) is 10.8. The topological polar surface area (TPSA) is 0 Å². The monoisotopic (exact) mass is 570 g/mol. The Labute approximate surface area is 241 Å². The fraction of sp³-hybridized carbons (Fsp3) is 0.0256. The van der Waals surface area contributed by atoms with Crippen molar-refractivity contribution in [3.63, 3.8) is 0 Å². The highest BCUT2D eigenvalue weighted by Gasteiger charge is 2.48. The maximum absolute atomic E-state index is 3.87. The summed E-state index contributed by atoms with van der Waals surface area (Å²) in [5, 5.41) is 5.30. The lowest BCUT2D eigenvalue weighted by atomic mass is 9.55. The minimum Gasteiger partial charge on any atom is -0.0622 e. The van der Waals surface area contributed by atoms with Gasteiger partial charge in [0, 0.05) is 4.47 Å². The molecule has 7 aromatic rings. The summed E-state index contributed by atoms with van der Waals surface area (Å²) in [4.78, 5) is 0. The lowest BCUT2D eigenvalue weighted by Gasteiger charge is -2.46. The molecule has 186 valence electrons. The highest BCUT2D eigenvalue weighted by atomic mass is 79.9. The van der Waals surface area contributed by atoms with Gasteiger partial charge < -0.3 is 0 Å². The fourth-order valence-corrected chi connectivity index (χ4v) is 8.03. The minimum absolute atomic E-state index is 0.453. The molecule has 0 radical (unpaired) electrons. The van der Waals surface area contributed by atoms with Crippen molar-refractivity contribution >= 4 is 37.5 Å². The number of benzene rings is 7. The summed E-state index contributed by atoms with van der Waals surface area (Å²) in [7, 11) is 0. The Balaban J connectivity index is 1.56. The molecule has 0 aromatic heterocycles. The van der Waals surface area contributed by atoms with Gasteiger partial charge in [-0.05, 0) is 89.3 Å². The molecule has 1 unspecified atom stereocenters. The average Bonchev–Trinajstić information content (AvgIpc) is 3.01. The second-order valence-electron chi connectivity index (χ2n) is 10.9. The van der Waals surface area contributed by atoms with E-state index in [0.717, 1.165) is 4.47 Å².